The van der Waals surface area contributed by atoms with Crippen molar-refractivity contribution >= 4 is 6.09 Å². The molecule has 1 aromatic rings. The second-order valence-electron chi connectivity index (χ2n) is 8.14. The highest BCUT2D eigenvalue weighted by molar-refractivity contribution is 5.67. The average Bonchev–Trinajstić information content (AvgIpc) is 3.24. The molecule has 1 fully saturated rings. The first kappa shape index (κ1) is 18.8. The predicted octanol–water partition coefficient (Wildman–Crippen LogP) is 4.26. The Morgan fingerprint density at radius 1 is 1.21 bits per heavy atom. The molecule has 0 radical (unpaired) electrons. The minimum atomic E-state index is -0.459. The molecule has 2 unspecified atom stereocenters. The molecule has 0 saturated heterocycles. The molecule has 4 nitrogen and oxygen atoms in total. The molecule has 2 atom stereocenters. The summed E-state index contributed by atoms with van der Waals surface area (Å²) in [5.41, 5.74) is 3.41. The molecule has 1 aliphatic rings. The van der Waals surface area contributed by atoms with Crippen molar-refractivity contribution in [2.45, 2.75) is 72.1 Å². The maximum absolute atomic E-state index is 11.9. The van der Waals surface area contributed by atoms with Crippen LogP contribution in [0.2, 0.25) is 0 Å². The van der Waals surface area contributed by atoms with Gasteiger partial charge in [0.15, 0.2) is 0 Å². The zero-order valence-corrected chi connectivity index (χ0v) is 15.9. The third-order valence-corrected chi connectivity index (χ3v) is 4.26. The molecule has 0 bridgehead atoms. The van der Waals surface area contributed by atoms with Crippen molar-refractivity contribution in [3.05, 3.63) is 34.9 Å². The summed E-state index contributed by atoms with van der Waals surface area (Å²) in [7, 11) is 0. The molecule has 0 aromatic heterocycles. The summed E-state index contributed by atoms with van der Waals surface area (Å²) in [4.78, 5) is 11.9. The number of nitrogens with one attached hydrogen (secondary N) is 2. The van der Waals surface area contributed by atoms with Crippen LogP contribution in [-0.2, 0) is 4.74 Å². The van der Waals surface area contributed by atoms with Crippen molar-refractivity contribution in [2.24, 2.45) is 5.92 Å². The Hall–Kier alpha value is -1.55. The van der Waals surface area contributed by atoms with Crippen LogP contribution in [0.3, 0.4) is 0 Å². The molecular formula is C20H32N2O2. The first-order chi connectivity index (χ1) is 11.1. The summed E-state index contributed by atoms with van der Waals surface area (Å²) in [6.45, 7) is 12.7. The van der Waals surface area contributed by atoms with Gasteiger partial charge in [-0.15, -0.1) is 0 Å². The summed E-state index contributed by atoms with van der Waals surface area (Å²) in [6, 6.07) is 7.20. The average molecular weight is 332 g/mol. The Morgan fingerprint density at radius 3 is 2.29 bits per heavy atom. The van der Waals surface area contributed by atoms with Crippen molar-refractivity contribution in [3.63, 3.8) is 0 Å². The van der Waals surface area contributed by atoms with Gasteiger partial charge in [0.25, 0.3) is 0 Å². The Labute approximate surface area is 146 Å². The van der Waals surface area contributed by atoms with E-state index >= 15 is 0 Å². The van der Waals surface area contributed by atoms with Gasteiger partial charge in [0, 0.05) is 18.6 Å². The molecular weight excluding hydrogens is 300 g/mol. The molecule has 0 spiro atoms. The number of hydrogen-bond donors (Lipinski definition) is 2. The number of carbonyl (C=O) groups is 1. The molecule has 134 valence electrons. The van der Waals surface area contributed by atoms with E-state index in [0.717, 1.165) is 0 Å². The molecule has 1 saturated carbocycles. The molecule has 2 N–H and O–H groups in total. The predicted molar refractivity (Wildman–Crippen MR) is 98.2 cm³/mol. The van der Waals surface area contributed by atoms with Crippen LogP contribution in [0.5, 0.6) is 0 Å². The van der Waals surface area contributed by atoms with E-state index in [1.165, 1.54) is 29.5 Å². The van der Waals surface area contributed by atoms with E-state index in [0.29, 0.717) is 12.5 Å². The van der Waals surface area contributed by atoms with Crippen LogP contribution >= 0.6 is 0 Å². The van der Waals surface area contributed by atoms with Crippen LogP contribution in [0, 0.1) is 19.8 Å². The SMILES string of the molecule is Cc1cc(C)cc(C(C)NC(CNC(=O)OC(C)(C)C)C2CC2)c1. The number of amides is 1. The van der Waals surface area contributed by atoms with Gasteiger partial charge in [0.1, 0.15) is 5.60 Å². The fourth-order valence-electron chi connectivity index (χ4n) is 3.04. The third kappa shape index (κ3) is 6.16. The highest BCUT2D eigenvalue weighted by Crippen LogP contribution is 2.33. The lowest BCUT2D eigenvalue weighted by Gasteiger charge is -2.26. The minimum Gasteiger partial charge on any atom is -0.444 e. The number of alkyl carbamates (subject to hydrolysis) is 1. The standard InChI is InChI=1S/C20H32N2O2/c1-13-9-14(2)11-17(10-13)15(3)22-18(16-7-8-16)12-21-19(23)24-20(4,5)6/h9-11,15-16,18,22H,7-8,12H2,1-6H3,(H,21,23). The first-order valence-corrected chi connectivity index (χ1v) is 8.95. The van der Waals surface area contributed by atoms with Crippen LogP contribution < -0.4 is 10.6 Å². The van der Waals surface area contributed by atoms with E-state index in [2.05, 4.69) is 49.6 Å². The fourth-order valence-corrected chi connectivity index (χ4v) is 3.04. The highest BCUT2D eigenvalue weighted by atomic mass is 16.6. The summed E-state index contributed by atoms with van der Waals surface area (Å²) in [5, 5.41) is 6.61. The zero-order valence-electron chi connectivity index (χ0n) is 15.9. The number of aryl methyl sites for hydroxylation is 2. The van der Waals surface area contributed by atoms with Crippen molar-refractivity contribution in [1.29, 1.82) is 0 Å². The smallest absolute Gasteiger partial charge is 0.407 e. The van der Waals surface area contributed by atoms with Crippen LogP contribution in [-0.4, -0.2) is 24.3 Å². The summed E-state index contributed by atoms with van der Waals surface area (Å²) >= 11 is 0. The summed E-state index contributed by atoms with van der Waals surface area (Å²) in [6.07, 6.45) is 2.12. The van der Waals surface area contributed by atoms with E-state index in [4.69, 9.17) is 4.74 Å². The lowest BCUT2D eigenvalue weighted by molar-refractivity contribution is 0.0520. The summed E-state index contributed by atoms with van der Waals surface area (Å²) < 4.78 is 5.33. The van der Waals surface area contributed by atoms with E-state index in [-0.39, 0.29) is 18.2 Å². The van der Waals surface area contributed by atoms with Gasteiger partial charge in [0.05, 0.1) is 0 Å². The van der Waals surface area contributed by atoms with E-state index in [9.17, 15) is 4.79 Å². The number of benzene rings is 1. The number of hydrogen-bond acceptors (Lipinski definition) is 3. The van der Waals surface area contributed by atoms with E-state index < -0.39 is 5.60 Å². The summed E-state index contributed by atoms with van der Waals surface area (Å²) in [5.74, 6) is 0.647. The van der Waals surface area contributed by atoms with Crippen molar-refractivity contribution in [2.75, 3.05) is 6.54 Å². The Bertz CT molecular complexity index is 553. The second kappa shape index (κ2) is 7.56. The Balaban J connectivity index is 1.92. The normalized spacial score (nSPS) is 17.2. The molecule has 0 heterocycles. The maximum Gasteiger partial charge on any atom is 0.407 e. The van der Waals surface area contributed by atoms with Gasteiger partial charge in [-0.3, -0.25) is 0 Å². The molecule has 4 heteroatoms. The van der Waals surface area contributed by atoms with E-state index in [1.54, 1.807) is 0 Å². The molecule has 0 aliphatic heterocycles. The third-order valence-electron chi connectivity index (χ3n) is 4.26. The van der Waals surface area contributed by atoms with Gasteiger partial charge in [-0.05, 0) is 65.9 Å². The van der Waals surface area contributed by atoms with Crippen molar-refractivity contribution in [3.8, 4) is 0 Å². The maximum atomic E-state index is 11.9. The first-order valence-electron chi connectivity index (χ1n) is 8.95. The number of rotatable bonds is 6. The Morgan fingerprint density at radius 2 is 1.79 bits per heavy atom. The molecule has 24 heavy (non-hydrogen) atoms. The van der Waals surface area contributed by atoms with Crippen LogP contribution in [0.1, 0.15) is 63.3 Å². The largest absolute Gasteiger partial charge is 0.444 e. The minimum absolute atomic E-state index is 0.259. The van der Waals surface area contributed by atoms with Crippen LogP contribution in [0.4, 0.5) is 4.79 Å². The van der Waals surface area contributed by atoms with Crippen LogP contribution in [0.15, 0.2) is 18.2 Å². The van der Waals surface area contributed by atoms with Gasteiger partial charge >= 0.3 is 6.09 Å². The quantitative estimate of drug-likeness (QED) is 0.818. The number of ether oxygens (including phenoxy) is 1. The van der Waals surface area contributed by atoms with Gasteiger partial charge in [-0.25, -0.2) is 4.79 Å². The topological polar surface area (TPSA) is 50.4 Å². The van der Waals surface area contributed by atoms with Crippen molar-refractivity contribution in [1.82, 2.24) is 10.6 Å². The molecule has 1 aliphatic carbocycles. The van der Waals surface area contributed by atoms with Gasteiger partial charge in [-0.2, -0.15) is 0 Å². The monoisotopic (exact) mass is 332 g/mol. The van der Waals surface area contributed by atoms with E-state index in [1.807, 2.05) is 20.8 Å². The zero-order chi connectivity index (χ0) is 17.9. The highest BCUT2D eigenvalue weighted by Gasteiger charge is 2.32. The fraction of sp³-hybridized carbons (Fsp3) is 0.650. The van der Waals surface area contributed by atoms with Crippen molar-refractivity contribution < 1.29 is 9.53 Å². The second-order valence-corrected chi connectivity index (χ2v) is 8.14. The van der Waals surface area contributed by atoms with Gasteiger partial charge < -0.3 is 15.4 Å². The molecule has 1 aromatic carbocycles. The molecule has 2 rings (SSSR count). The number of carbonyl (C=O) groups excluding carboxylic acids is 1. The Kier molecular flexibility index (Phi) is 5.92. The molecule has 1 amide bonds. The lowest BCUT2D eigenvalue weighted by Crippen LogP contribution is -2.44. The van der Waals surface area contributed by atoms with Gasteiger partial charge in [0.2, 0.25) is 0 Å². The lowest BCUT2D eigenvalue weighted by atomic mass is 10.0. The van der Waals surface area contributed by atoms with Gasteiger partial charge in [-0.1, -0.05) is 29.3 Å². The van der Waals surface area contributed by atoms with Crippen LogP contribution in [0.25, 0.3) is 0 Å².